The van der Waals surface area contributed by atoms with Gasteiger partial charge >= 0.3 is 5.97 Å². The second-order valence-electron chi connectivity index (χ2n) is 4.39. The van der Waals surface area contributed by atoms with Crippen LogP contribution in [0.25, 0.3) is 10.9 Å². The maximum atomic E-state index is 13.1. The van der Waals surface area contributed by atoms with Crippen LogP contribution in [0.4, 0.5) is 15.8 Å². The first-order valence-electron chi connectivity index (χ1n) is 5.96. The maximum Gasteiger partial charge on any atom is 0.352 e. The van der Waals surface area contributed by atoms with Crippen LogP contribution in [0.2, 0.25) is 5.02 Å². The number of aromatic nitrogens is 2. The summed E-state index contributed by atoms with van der Waals surface area (Å²) in [6.45, 7) is 0. The highest BCUT2D eigenvalue weighted by Crippen LogP contribution is 2.28. The largest absolute Gasteiger partial charge is 0.477 e. The summed E-state index contributed by atoms with van der Waals surface area (Å²) in [4.78, 5) is 17.8. The molecule has 0 saturated heterocycles. The standard InChI is InChI=1S/C14H9ClFN3O2/c15-9-3-7(1-2-10(9)16)18-12-5-17-6-13-8(12)4-11(19-13)14(20)21/h1-6,18-19H,(H,20,21). The fraction of sp³-hybridized carbons (Fsp3) is 0. The monoisotopic (exact) mass is 305 g/mol. The number of nitrogens with one attached hydrogen (secondary N) is 2. The van der Waals surface area contributed by atoms with Gasteiger partial charge in [0.1, 0.15) is 11.5 Å². The molecule has 0 aliphatic carbocycles. The number of carboxylic acids is 1. The van der Waals surface area contributed by atoms with Crippen molar-refractivity contribution in [3.05, 3.63) is 53.2 Å². The third kappa shape index (κ3) is 2.53. The first-order chi connectivity index (χ1) is 10.0. The van der Waals surface area contributed by atoms with E-state index in [0.29, 0.717) is 22.3 Å². The topological polar surface area (TPSA) is 78.0 Å². The first kappa shape index (κ1) is 13.4. The Balaban J connectivity index is 2.03. The molecule has 2 heterocycles. The Morgan fingerprint density at radius 1 is 1.33 bits per heavy atom. The average Bonchev–Trinajstić information content (AvgIpc) is 2.88. The van der Waals surface area contributed by atoms with Gasteiger partial charge in [-0.15, -0.1) is 0 Å². The van der Waals surface area contributed by atoms with Crippen LogP contribution in [0.3, 0.4) is 0 Å². The van der Waals surface area contributed by atoms with Crippen LogP contribution in [0, 0.1) is 5.82 Å². The number of nitrogens with zero attached hydrogens (tertiary/aromatic N) is 1. The molecule has 0 aliphatic heterocycles. The van der Waals surface area contributed by atoms with E-state index in [1.165, 1.54) is 30.5 Å². The summed E-state index contributed by atoms with van der Waals surface area (Å²) in [5.41, 5.74) is 1.83. The van der Waals surface area contributed by atoms with Crippen molar-refractivity contribution in [1.29, 1.82) is 0 Å². The van der Waals surface area contributed by atoms with Gasteiger partial charge in [-0.3, -0.25) is 4.98 Å². The number of pyridine rings is 1. The zero-order chi connectivity index (χ0) is 15.0. The number of fused-ring (bicyclic) bond motifs is 1. The van der Waals surface area contributed by atoms with Gasteiger partial charge in [-0.25, -0.2) is 9.18 Å². The Morgan fingerprint density at radius 3 is 2.86 bits per heavy atom. The number of aromatic carboxylic acids is 1. The Hall–Kier alpha value is -2.60. The fourth-order valence-corrected chi connectivity index (χ4v) is 2.18. The van der Waals surface area contributed by atoms with E-state index in [1.54, 1.807) is 6.20 Å². The summed E-state index contributed by atoms with van der Waals surface area (Å²) >= 11 is 5.73. The van der Waals surface area contributed by atoms with Crippen molar-refractivity contribution < 1.29 is 14.3 Å². The minimum atomic E-state index is -1.05. The van der Waals surface area contributed by atoms with Gasteiger partial charge in [0.25, 0.3) is 0 Å². The predicted octanol–water partition coefficient (Wildman–Crippen LogP) is 3.80. The van der Waals surface area contributed by atoms with Gasteiger partial charge in [-0.05, 0) is 24.3 Å². The van der Waals surface area contributed by atoms with E-state index in [-0.39, 0.29) is 10.7 Å². The van der Waals surface area contributed by atoms with Crippen molar-refractivity contribution in [3.63, 3.8) is 0 Å². The Bertz CT molecular complexity index is 847. The predicted molar refractivity (Wildman–Crippen MR) is 77.7 cm³/mol. The summed E-state index contributed by atoms with van der Waals surface area (Å²) < 4.78 is 13.1. The minimum Gasteiger partial charge on any atom is -0.477 e. The normalized spacial score (nSPS) is 10.8. The molecular weight excluding hydrogens is 297 g/mol. The van der Waals surface area contributed by atoms with Crippen LogP contribution >= 0.6 is 11.6 Å². The lowest BCUT2D eigenvalue weighted by atomic mass is 10.2. The van der Waals surface area contributed by atoms with Crippen molar-refractivity contribution in [2.45, 2.75) is 0 Å². The lowest BCUT2D eigenvalue weighted by Crippen LogP contribution is -1.94. The number of anilines is 2. The second kappa shape index (κ2) is 5.06. The highest BCUT2D eigenvalue weighted by Gasteiger charge is 2.11. The highest BCUT2D eigenvalue weighted by molar-refractivity contribution is 6.31. The molecule has 3 aromatic rings. The van der Waals surface area contributed by atoms with E-state index in [0.717, 1.165) is 0 Å². The van der Waals surface area contributed by atoms with Gasteiger partial charge in [0.05, 0.1) is 28.6 Å². The molecule has 0 amide bonds. The van der Waals surface area contributed by atoms with E-state index >= 15 is 0 Å². The van der Waals surface area contributed by atoms with Crippen LogP contribution in [0.5, 0.6) is 0 Å². The zero-order valence-electron chi connectivity index (χ0n) is 10.5. The van der Waals surface area contributed by atoms with Crippen molar-refractivity contribution in [2.24, 2.45) is 0 Å². The number of hydrogen-bond donors (Lipinski definition) is 3. The average molecular weight is 306 g/mol. The van der Waals surface area contributed by atoms with Crippen molar-refractivity contribution >= 4 is 39.8 Å². The molecule has 3 rings (SSSR count). The highest BCUT2D eigenvalue weighted by atomic mass is 35.5. The molecule has 0 aliphatic rings. The van der Waals surface area contributed by atoms with E-state index in [1.807, 2.05) is 0 Å². The third-order valence-corrected chi connectivity index (χ3v) is 3.26. The molecule has 106 valence electrons. The molecule has 0 fully saturated rings. The lowest BCUT2D eigenvalue weighted by Gasteiger charge is -2.07. The van der Waals surface area contributed by atoms with Gasteiger partial charge in [0, 0.05) is 11.1 Å². The molecule has 3 N–H and O–H groups in total. The molecule has 1 aromatic carbocycles. The quantitative estimate of drug-likeness (QED) is 0.688. The van der Waals surface area contributed by atoms with Crippen molar-refractivity contribution in [2.75, 3.05) is 5.32 Å². The second-order valence-corrected chi connectivity index (χ2v) is 4.80. The van der Waals surface area contributed by atoms with Crippen LogP contribution in [0.1, 0.15) is 10.5 Å². The molecule has 0 radical (unpaired) electrons. The molecule has 7 heteroatoms. The lowest BCUT2D eigenvalue weighted by molar-refractivity contribution is 0.0691. The van der Waals surface area contributed by atoms with Gasteiger partial charge in [-0.2, -0.15) is 0 Å². The third-order valence-electron chi connectivity index (χ3n) is 2.97. The number of carboxylic acid groups (broad SMARTS) is 1. The van der Waals surface area contributed by atoms with Crippen molar-refractivity contribution in [1.82, 2.24) is 9.97 Å². The van der Waals surface area contributed by atoms with Crippen molar-refractivity contribution in [3.8, 4) is 0 Å². The van der Waals surface area contributed by atoms with E-state index < -0.39 is 11.8 Å². The molecule has 5 nitrogen and oxygen atoms in total. The van der Waals surface area contributed by atoms with E-state index in [4.69, 9.17) is 16.7 Å². The van der Waals surface area contributed by atoms with Gasteiger partial charge in [0.15, 0.2) is 0 Å². The summed E-state index contributed by atoms with van der Waals surface area (Å²) in [5.74, 6) is -1.56. The number of H-pyrrole nitrogens is 1. The smallest absolute Gasteiger partial charge is 0.352 e. The summed E-state index contributed by atoms with van der Waals surface area (Å²) in [7, 11) is 0. The number of rotatable bonds is 3. The molecule has 0 spiro atoms. The van der Waals surface area contributed by atoms with E-state index in [9.17, 15) is 9.18 Å². The van der Waals surface area contributed by atoms with Gasteiger partial charge in [0.2, 0.25) is 0 Å². The number of benzene rings is 1. The summed E-state index contributed by atoms with van der Waals surface area (Å²) in [6.07, 6.45) is 3.09. The number of halogens is 2. The molecule has 0 bridgehead atoms. The molecule has 21 heavy (non-hydrogen) atoms. The van der Waals surface area contributed by atoms with Crippen LogP contribution in [-0.2, 0) is 0 Å². The molecule has 0 atom stereocenters. The van der Waals surface area contributed by atoms with Gasteiger partial charge in [-0.1, -0.05) is 11.6 Å². The molecule has 2 aromatic heterocycles. The number of hydrogen-bond acceptors (Lipinski definition) is 3. The number of aromatic amines is 1. The molecular formula is C14H9ClFN3O2. The Labute approximate surface area is 123 Å². The number of carbonyl (C=O) groups is 1. The van der Waals surface area contributed by atoms with Gasteiger partial charge < -0.3 is 15.4 Å². The Morgan fingerprint density at radius 2 is 2.14 bits per heavy atom. The van der Waals surface area contributed by atoms with Crippen LogP contribution in [0.15, 0.2) is 36.7 Å². The molecule has 0 saturated carbocycles. The van der Waals surface area contributed by atoms with E-state index in [2.05, 4.69) is 15.3 Å². The molecule has 0 unspecified atom stereocenters. The zero-order valence-corrected chi connectivity index (χ0v) is 11.3. The minimum absolute atomic E-state index is 0.000396. The fourth-order valence-electron chi connectivity index (χ4n) is 2.00. The van der Waals surface area contributed by atoms with Crippen LogP contribution in [-0.4, -0.2) is 21.0 Å². The first-order valence-corrected chi connectivity index (χ1v) is 6.34. The SMILES string of the molecule is O=C(O)c1cc2c(Nc3ccc(F)c(Cl)c3)cncc2[nH]1. The van der Waals surface area contributed by atoms with Crippen LogP contribution < -0.4 is 5.32 Å². The Kier molecular flexibility index (Phi) is 3.23. The summed E-state index contributed by atoms with van der Waals surface area (Å²) in [5, 5.41) is 12.7. The summed E-state index contributed by atoms with van der Waals surface area (Å²) in [6, 6.07) is 5.73. The maximum absolute atomic E-state index is 13.1.